The van der Waals surface area contributed by atoms with E-state index in [1.54, 1.807) is 42.4 Å². The van der Waals surface area contributed by atoms with Crippen molar-refractivity contribution in [2.24, 2.45) is 5.92 Å². The molecule has 6 nitrogen and oxygen atoms in total. The molecule has 0 radical (unpaired) electrons. The third-order valence-electron chi connectivity index (χ3n) is 5.41. The van der Waals surface area contributed by atoms with E-state index >= 15 is 0 Å². The molecule has 31 heavy (non-hydrogen) atoms. The molecule has 0 N–H and O–H groups in total. The minimum Gasteiger partial charge on any atom is -0.356 e. The van der Waals surface area contributed by atoms with E-state index in [9.17, 15) is 4.39 Å². The standard InChI is InChI=1S/C23H22FN5OS/c1-14-3-6-19(24)18(11-14)21-12-20(28-30-21)15(2)31-23-27-26-22(17-7-9-25-10-8-17)29(23)13-16-4-5-16/h3,6-12,15-16H,4-5,13H2,1-2H3. The van der Waals surface area contributed by atoms with Crippen LogP contribution < -0.4 is 0 Å². The van der Waals surface area contributed by atoms with Crippen LogP contribution >= 0.6 is 11.8 Å². The van der Waals surface area contributed by atoms with Crippen LogP contribution in [0.1, 0.15) is 36.3 Å². The highest BCUT2D eigenvalue weighted by atomic mass is 32.2. The molecule has 0 spiro atoms. The maximum atomic E-state index is 14.2. The normalized spacial score (nSPS) is 14.7. The summed E-state index contributed by atoms with van der Waals surface area (Å²) in [5.74, 6) is 1.64. The highest BCUT2D eigenvalue weighted by molar-refractivity contribution is 7.99. The van der Waals surface area contributed by atoms with Crippen LogP contribution in [0.15, 0.2) is 58.5 Å². The monoisotopic (exact) mass is 435 g/mol. The molecule has 1 unspecified atom stereocenters. The van der Waals surface area contributed by atoms with Crippen LogP contribution in [-0.2, 0) is 6.54 Å². The summed E-state index contributed by atoms with van der Waals surface area (Å²) in [6.07, 6.45) is 6.01. The lowest BCUT2D eigenvalue weighted by Crippen LogP contribution is -2.05. The maximum Gasteiger partial charge on any atom is 0.192 e. The fraction of sp³-hybridized carbons (Fsp3) is 0.304. The number of halogens is 1. The van der Waals surface area contributed by atoms with E-state index in [1.165, 1.54) is 18.9 Å². The van der Waals surface area contributed by atoms with Crippen LogP contribution in [0, 0.1) is 18.7 Å². The van der Waals surface area contributed by atoms with Crippen LogP contribution in [-0.4, -0.2) is 24.9 Å². The van der Waals surface area contributed by atoms with Crippen LogP contribution in [0.2, 0.25) is 0 Å². The lowest BCUT2D eigenvalue weighted by Gasteiger charge is -2.11. The van der Waals surface area contributed by atoms with Gasteiger partial charge in [0.15, 0.2) is 16.7 Å². The van der Waals surface area contributed by atoms with Crippen molar-refractivity contribution in [2.45, 2.75) is 43.6 Å². The lowest BCUT2D eigenvalue weighted by molar-refractivity contribution is 0.421. The molecule has 1 atom stereocenters. The van der Waals surface area contributed by atoms with Gasteiger partial charge in [0, 0.05) is 30.6 Å². The first-order chi connectivity index (χ1) is 15.1. The Bertz CT molecular complexity index is 1200. The third-order valence-corrected chi connectivity index (χ3v) is 6.52. The summed E-state index contributed by atoms with van der Waals surface area (Å²) in [5, 5.41) is 13.9. The lowest BCUT2D eigenvalue weighted by atomic mass is 10.1. The first-order valence-corrected chi connectivity index (χ1v) is 11.2. The Hall–Kier alpha value is -3.00. The Labute approximate surface area is 183 Å². The van der Waals surface area contributed by atoms with E-state index in [4.69, 9.17) is 4.52 Å². The van der Waals surface area contributed by atoms with Crippen molar-refractivity contribution in [1.82, 2.24) is 24.9 Å². The van der Waals surface area contributed by atoms with Crippen LogP contribution in [0.5, 0.6) is 0 Å². The topological polar surface area (TPSA) is 69.6 Å². The predicted octanol–water partition coefficient (Wildman–Crippen LogP) is 5.71. The van der Waals surface area contributed by atoms with Crippen LogP contribution in [0.3, 0.4) is 0 Å². The minimum atomic E-state index is -0.320. The number of benzene rings is 1. The molecular weight excluding hydrogens is 413 g/mol. The summed E-state index contributed by atoms with van der Waals surface area (Å²) >= 11 is 1.58. The van der Waals surface area contributed by atoms with Crippen LogP contribution in [0.25, 0.3) is 22.7 Å². The number of rotatable bonds is 7. The number of thioether (sulfide) groups is 1. The first kappa shape index (κ1) is 19.9. The van der Waals surface area contributed by atoms with Crippen molar-refractivity contribution in [1.29, 1.82) is 0 Å². The van der Waals surface area contributed by atoms with Crippen molar-refractivity contribution in [2.75, 3.05) is 0 Å². The largest absolute Gasteiger partial charge is 0.356 e. The van der Waals surface area contributed by atoms with Crippen molar-refractivity contribution >= 4 is 11.8 Å². The fourth-order valence-corrected chi connectivity index (χ4v) is 4.39. The molecule has 0 saturated heterocycles. The van der Waals surface area contributed by atoms with E-state index in [1.807, 2.05) is 26.0 Å². The Morgan fingerprint density at radius 3 is 2.74 bits per heavy atom. The summed E-state index contributed by atoms with van der Waals surface area (Å²) in [6, 6.07) is 10.7. The van der Waals surface area contributed by atoms with Crippen molar-refractivity contribution < 1.29 is 8.91 Å². The average molecular weight is 436 g/mol. The number of pyridine rings is 1. The fourth-order valence-electron chi connectivity index (χ4n) is 3.47. The Balaban J connectivity index is 1.41. The number of aromatic nitrogens is 5. The number of hydrogen-bond acceptors (Lipinski definition) is 6. The van der Waals surface area contributed by atoms with Gasteiger partial charge >= 0.3 is 0 Å². The Kier molecular flexibility index (Phi) is 5.31. The molecule has 3 aromatic heterocycles. The van der Waals surface area contributed by atoms with Gasteiger partial charge in [-0.25, -0.2) is 4.39 Å². The highest BCUT2D eigenvalue weighted by Gasteiger charge is 2.27. The SMILES string of the molecule is Cc1ccc(F)c(-c2cc(C(C)Sc3nnc(-c4ccncc4)n3CC3CC3)no2)c1. The van der Waals surface area contributed by atoms with E-state index in [-0.39, 0.29) is 11.1 Å². The molecule has 1 aromatic carbocycles. The van der Waals surface area contributed by atoms with Gasteiger partial charge in [0.25, 0.3) is 0 Å². The third kappa shape index (κ3) is 4.25. The molecule has 1 fully saturated rings. The molecule has 5 rings (SSSR count). The van der Waals surface area contributed by atoms with Gasteiger partial charge in [-0.1, -0.05) is 28.5 Å². The Morgan fingerprint density at radius 1 is 1.16 bits per heavy atom. The smallest absolute Gasteiger partial charge is 0.192 e. The molecule has 1 aliphatic carbocycles. The molecule has 0 amide bonds. The Morgan fingerprint density at radius 2 is 1.97 bits per heavy atom. The van der Waals surface area contributed by atoms with Crippen LogP contribution in [0.4, 0.5) is 4.39 Å². The molecule has 0 bridgehead atoms. The van der Waals surface area contributed by atoms with E-state index in [0.29, 0.717) is 17.2 Å². The molecule has 4 aromatic rings. The number of aryl methyl sites for hydroxylation is 1. The summed E-state index contributed by atoms with van der Waals surface area (Å²) in [4.78, 5) is 4.10. The second kappa shape index (κ2) is 8.26. The van der Waals surface area contributed by atoms with Gasteiger partial charge in [-0.05, 0) is 56.9 Å². The van der Waals surface area contributed by atoms with Gasteiger partial charge in [-0.2, -0.15) is 0 Å². The zero-order chi connectivity index (χ0) is 21.4. The zero-order valence-corrected chi connectivity index (χ0v) is 18.1. The average Bonchev–Trinajstić information content (AvgIpc) is 3.31. The molecule has 3 heterocycles. The van der Waals surface area contributed by atoms with Gasteiger partial charge in [0.2, 0.25) is 0 Å². The van der Waals surface area contributed by atoms with Gasteiger partial charge < -0.3 is 9.09 Å². The molecule has 158 valence electrons. The van der Waals surface area contributed by atoms with Gasteiger partial charge in [-0.15, -0.1) is 10.2 Å². The van der Waals surface area contributed by atoms with Crippen molar-refractivity contribution in [3.05, 3.63) is 65.9 Å². The summed E-state index contributed by atoms with van der Waals surface area (Å²) in [6.45, 7) is 4.87. The molecular formula is C23H22FN5OS. The molecule has 1 aliphatic rings. The summed E-state index contributed by atoms with van der Waals surface area (Å²) in [5.41, 5.74) is 3.13. The van der Waals surface area contributed by atoms with Crippen molar-refractivity contribution in [3.8, 4) is 22.7 Å². The summed E-state index contributed by atoms with van der Waals surface area (Å²) in [7, 11) is 0. The van der Waals surface area contributed by atoms with Gasteiger partial charge in [0.05, 0.1) is 16.5 Å². The highest BCUT2D eigenvalue weighted by Crippen LogP contribution is 2.39. The van der Waals surface area contributed by atoms with E-state index in [2.05, 4.69) is 24.9 Å². The predicted molar refractivity (Wildman–Crippen MR) is 117 cm³/mol. The number of nitrogens with zero attached hydrogens (tertiary/aromatic N) is 5. The maximum absolute atomic E-state index is 14.2. The number of hydrogen-bond donors (Lipinski definition) is 0. The second-order valence-electron chi connectivity index (χ2n) is 7.96. The molecule has 0 aliphatic heterocycles. The van der Waals surface area contributed by atoms with Gasteiger partial charge in [-0.3, -0.25) is 4.98 Å². The molecule has 1 saturated carbocycles. The van der Waals surface area contributed by atoms with Crippen molar-refractivity contribution in [3.63, 3.8) is 0 Å². The first-order valence-electron chi connectivity index (χ1n) is 10.3. The second-order valence-corrected chi connectivity index (χ2v) is 9.26. The van der Waals surface area contributed by atoms with Gasteiger partial charge in [0.1, 0.15) is 5.82 Å². The minimum absolute atomic E-state index is 0.0298. The summed E-state index contributed by atoms with van der Waals surface area (Å²) < 4.78 is 21.9. The molecule has 8 heteroatoms. The quantitative estimate of drug-likeness (QED) is 0.347. The van der Waals surface area contributed by atoms with E-state index in [0.717, 1.165) is 34.3 Å². The van der Waals surface area contributed by atoms with E-state index < -0.39 is 0 Å². The zero-order valence-electron chi connectivity index (χ0n) is 17.3.